The topological polar surface area (TPSA) is 93.9 Å². The van der Waals surface area contributed by atoms with E-state index in [-0.39, 0.29) is 27.3 Å². The number of oxazole rings is 1. The van der Waals surface area contributed by atoms with Crippen molar-refractivity contribution in [3.63, 3.8) is 0 Å². The molecule has 0 saturated heterocycles. The summed E-state index contributed by atoms with van der Waals surface area (Å²) in [5, 5.41) is 2.69. The van der Waals surface area contributed by atoms with Crippen molar-refractivity contribution < 1.29 is 26.7 Å². The molecule has 2 aromatic carbocycles. The van der Waals surface area contributed by atoms with Gasteiger partial charge < -0.3 is 24.1 Å². The maximum absolute atomic E-state index is 14.3. The summed E-state index contributed by atoms with van der Waals surface area (Å²) in [5.41, 5.74) is 0.0764. The van der Waals surface area contributed by atoms with E-state index >= 15 is 0 Å². The van der Waals surface area contributed by atoms with Gasteiger partial charge in [0, 0.05) is 12.6 Å². The lowest BCUT2D eigenvalue weighted by Crippen LogP contribution is -2.17. The minimum absolute atomic E-state index is 0.0218. The molecule has 0 radical (unpaired) electrons. The van der Waals surface area contributed by atoms with Gasteiger partial charge in [-0.2, -0.15) is 4.98 Å². The maximum atomic E-state index is 14.3. The molecule has 3 aromatic rings. The fourth-order valence-electron chi connectivity index (χ4n) is 3.25. The monoisotopic (exact) mass is 461 g/mol. The molecule has 0 spiro atoms. The van der Waals surface area contributed by atoms with E-state index in [1.54, 1.807) is 12.1 Å². The van der Waals surface area contributed by atoms with Crippen molar-refractivity contribution in [1.29, 1.82) is 0 Å². The lowest BCUT2D eigenvalue weighted by Gasteiger charge is -2.18. The summed E-state index contributed by atoms with van der Waals surface area (Å²) in [5.74, 6) is 0.113. The fourth-order valence-corrected chi connectivity index (χ4v) is 4.54. The van der Waals surface area contributed by atoms with E-state index in [9.17, 15) is 12.8 Å². The number of nitrogens with one attached hydrogen (secondary N) is 1. The normalized spacial score (nSPS) is 13.4. The highest BCUT2D eigenvalue weighted by atomic mass is 32.2. The van der Waals surface area contributed by atoms with E-state index in [0.29, 0.717) is 31.3 Å². The van der Waals surface area contributed by atoms with Crippen molar-refractivity contribution in [2.45, 2.75) is 16.3 Å². The second-order valence-electron chi connectivity index (χ2n) is 7.53. The molecule has 1 aliphatic rings. The summed E-state index contributed by atoms with van der Waals surface area (Å²) in [7, 11) is -0.199. The predicted octanol–water partition coefficient (Wildman–Crippen LogP) is 3.45. The number of hydrogen-bond acceptors (Lipinski definition) is 8. The maximum Gasteiger partial charge on any atom is 0.233 e. The molecule has 0 saturated carbocycles. The zero-order valence-electron chi connectivity index (χ0n) is 17.8. The summed E-state index contributed by atoms with van der Waals surface area (Å²) in [4.78, 5) is 6.17. The van der Waals surface area contributed by atoms with Crippen LogP contribution in [0.5, 0.6) is 11.5 Å². The zero-order valence-corrected chi connectivity index (χ0v) is 18.6. The Balaban J connectivity index is 1.72. The molecule has 0 atom stereocenters. The Morgan fingerprint density at radius 2 is 1.84 bits per heavy atom. The Morgan fingerprint density at radius 1 is 1.09 bits per heavy atom. The fraction of sp³-hybridized carbons (Fsp3) is 0.318. The van der Waals surface area contributed by atoms with Gasteiger partial charge in [-0.25, -0.2) is 12.8 Å². The van der Waals surface area contributed by atoms with Gasteiger partial charge in [0.15, 0.2) is 11.5 Å². The molecule has 8 nitrogen and oxygen atoms in total. The largest absolute Gasteiger partial charge is 0.486 e. The molecule has 10 heteroatoms. The van der Waals surface area contributed by atoms with Crippen molar-refractivity contribution in [3.05, 3.63) is 48.3 Å². The summed E-state index contributed by atoms with van der Waals surface area (Å²) < 4.78 is 57.9. The average molecular weight is 462 g/mol. The second-order valence-corrected chi connectivity index (χ2v) is 9.39. The number of aromatic nitrogens is 1. The highest BCUT2D eigenvalue weighted by Crippen LogP contribution is 2.37. The van der Waals surface area contributed by atoms with Gasteiger partial charge in [-0.1, -0.05) is 12.1 Å². The molecular formula is C22H24FN3O5S. The van der Waals surface area contributed by atoms with Gasteiger partial charge in [0.25, 0.3) is 0 Å². The minimum atomic E-state index is -4.09. The van der Waals surface area contributed by atoms with Crippen LogP contribution in [0, 0.1) is 5.82 Å². The van der Waals surface area contributed by atoms with E-state index in [1.165, 1.54) is 30.3 Å². The second kappa shape index (κ2) is 9.17. The summed E-state index contributed by atoms with van der Waals surface area (Å²) >= 11 is 0. The molecule has 32 heavy (non-hydrogen) atoms. The Labute approximate surface area is 185 Å². The number of hydrogen-bond donors (Lipinski definition) is 1. The standard InChI is InChI=1S/C22H24FN3O5S/c1-26(2)11-5-10-24-21-22(25-20(31-21)16-6-3-4-7-17(16)23)32(27,28)15-8-9-18-19(14-15)30-13-12-29-18/h3-4,6-9,14,24H,5,10-13H2,1-2H3. The molecule has 170 valence electrons. The number of rotatable bonds is 8. The molecular weight excluding hydrogens is 437 g/mol. The average Bonchev–Trinajstić information content (AvgIpc) is 3.21. The predicted molar refractivity (Wildman–Crippen MR) is 116 cm³/mol. The lowest BCUT2D eigenvalue weighted by molar-refractivity contribution is 0.171. The Kier molecular flexibility index (Phi) is 6.33. The highest BCUT2D eigenvalue weighted by Gasteiger charge is 2.30. The van der Waals surface area contributed by atoms with Gasteiger partial charge in [-0.15, -0.1) is 0 Å². The molecule has 1 aromatic heterocycles. The molecule has 4 rings (SSSR count). The third-order valence-corrected chi connectivity index (χ3v) is 6.51. The lowest BCUT2D eigenvalue weighted by atomic mass is 10.2. The number of nitrogens with zero attached hydrogens (tertiary/aromatic N) is 2. The third kappa shape index (κ3) is 4.56. The quantitative estimate of drug-likeness (QED) is 0.510. The van der Waals surface area contributed by atoms with Gasteiger partial charge in [-0.3, -0.25) is 0 Å². The van der Waals surface area contributed by atoms with Crippen molar-refractivity contribution in [2.75, 3.05) is 45.7 Å². The molecule has 0 amide bonds. The molecule has 0 bridgehead atoms. The number of anilines is 1. The molecule has 2 heterocycles. The van der Waals surface area contributed by atoms with Gasteiger partial charge in [0.1, 0.15) is 19.0 Å². The van der Waals surface area contributed by atoms with E-state index in [2.05, 4.69) is 10.3 Å². The van der Waals surface area contributed by atoms with Gasteiger partial charge in [0.05, 0.1) is 10.5 Å². The van der Waals surface area contributed by atoms with Crippen LogP contribution in [0.1, 0.15) is 6.42 Å². The Hall–Kier alpha value is -3.11. The molecule has 0 fully saturated rings. The molecule has 1 N–H and O–H groups in total. The first-order chi connectivity index (χ1) is 15.4. The van der Waals surface area contributed by atoms with Crippen LogP contribution >= 0.6 is 0 Å². The number of benzene rings is 2. The van der Waals surface area contributed by atoms with E-state index < -0.39 is 15.7 Å². The van der Waals surface area contributed by atoms with Crippen LogP contribution in [0.3, 0.4) is 0 Å². The smallest absolute Gasteiger partial charge is 0.233 e. The number of fused-ring (bicyclic) bond motifs is 1. The first kappa shape index (κ1) is 22.1. The van der Waals surface area contributed by atoms with E-state index in [1.807, 2.05) is 19.0 Å². The van der Waals surface area contributed by atoms with Gasteiger partial charge >= 0.3 is 0 Å². The van der Waals surface area contributed by atoms with Gasteiger partial charge in [0.2, 0.25) is 26.6 Å². The summed E-state index contributed by atoms with van der Waals surface area (Å²) in [6, 6.07) is 10.3. The van der Waals surface area contributed by atoms with E-state index in [4.69, 9.17) is 13.9 Å². The van der Waals surface area contributed by atoms with Crippen molar-refractivity contribution >= 4 is 15.7 Å². The first-order valence-corrected chi connectivity index (χ1v) is 11.6. The Morgan fingerprint density at radius 3 is 2.59 bits per heavy atom. The first-order valence-electron chi connectivity index (χ1n) is 10.2. The van der Waals surface area contributed by atoms with Crippen molar-refractivity contribution in [2.24, 2.45) is 0 Å². The van der Waals surface area contributed by atoms with Crippen LogP contribution in [-0.2, 0) is 9.84 Å². The van der Waals surface area contributed by atoms with Crippen LogP contribution in [0.2, 0.25) is 0 Å². The molecule has 0 unspecified atom stereocenters. The van der Waals surface area contributed by atoms with Crippen LogP contribution in [0.15, 0.2) is 56.8 Å². The Bertz CT molecular complexity index is 1210. The third-order valence-electron chi connectivity index (χ3n) is 4.85. The van der Waals surface area contributed by atoms with Crippen LogP contribution in [-0.4, -0.2) is 58.7 Å². The van der Waals surface area contributed by atoms with E-state index in [0.717, 1.165) is 13.0 Å². The minimum Gasteiger partial charge on any atom is -0.486 e. The number of halogens is 1. The SMILES string of the molecule is CN(C)CCCNc1oc(-c2ccccc2F)nc1S(=O)(=O)c1ccc2c(c1)OCCO2. The summed E-state index contributed by atoms with van der Waals surface area (Å²) in [6.07, 6.45) is 0.742. The van der Waals surface area contributed by atoms with Crippen LogP contribution in [0.4, 0.5) is 10.3 Å². The molecule has 0 aliphatic carbocycles. The summed E-state index contributed by atoms with van der Waals surface area (Å²) in [6.45, 7) is 1.98. The number of sulfone groups is 1. The number of ether oxygens (including phenoxy) is 2. The van der Waals surface area contributed by atoms with Crippen LogP contribution in [0.25, 0.3) is 11.5 Å². The zero-order chi connectivity index (χ0) is 22.7. The van der Waals surface area contributed by atoms with Crippen LogP contribution < -0.4 is 14.8 Å². The van der Waals surface area contributed by atoms with Gasteiger partial charge in [-0.05, 0) is 51.3 Å². The molecule has 1 aliphatic heterocycles. The van der Waals surface area contributed by atoms with Crippen molar-refractivity contribution in [1.82, 2.24) is 9.88 Å². The van der Waals surface area contributed by atoms with Crippen molar-refractivity contribution in [3.8, 4) is 23.0 Å². The highest BCUT2D eigenvalue weighted by molar-refractivity contribution is 7.91.